The lowest BCUT2D eigenvalue weighted by Gasteiger charge is -2.28. The zero-order chi connectivity index (χ0) is 23.8. The number of amides is 1. The number of nitrogens with zero attached hydrogens (tertiary/aromatic N) is 4. The molecule has 0 atom stereocenters. The van der Waals surface area contributed by atoms with Gasteiger partial charge in [0.05, 0.1) is 39.7 Å². The molecule has 1 aromatic heterocycles. The summed E-state index contributed by atoms with van der Waals surface area (Å²) < 4.78 is 18.2. The van der Waals surface area contributed by atoms with Crippen LogP contribution in [-0.4, -0.2) is 66.9 Å². The second kappa shape index (κ2) is 11.8. The van der Waals surface area contributed by atoms with Gasteiger partial charge in [-0.15, -0.1) is 10.2 Å². The van der Waals surface area contributed by atoms with Gasteiger partial charge < -0.3 is 24.4 Å². The van der Waals surface area contributed by atoms with E-state index in [4.69, 9.17) is 14.2 Å². The highest BCUT2D eigenvalue weighted by atomic mass is 32.2. The van der Waals surface area contributed by atoms with Crippen molar-refractivity contribution in [3.8, 4) is 11.5 Å². The van der Waals surface area contributed by atoms with Crippen molar-refractivity contribution in [2.45, 2.75) is 18.2 Å². The minimum absolute atomic E-state index is 0.0815. The van der Waals surface area contributed by atoms with Gasteiger partial charge in [0.15, 0.2) is 16.7 Å². The molecule has 4 rings (SSSR count). The van der Waals surface area contributed by atoms with Crippen LogP contribution in [0.3, 0.4) is 0 Å². The molecule has 2 heterocycles. The Kier molecular flexibility index (Phi) is 8.26. The fraction of sp³-hybridized carbons (Fsp3) is 0.375. The maximum atomic E-state index is 12.6. The maximum Gasteiger partial charge on any atom is 0.230 e. The molecule has 0 unspecified atom stereocenters. The number of hydrogen-bond donors (Lipinski definition) is 1. The van der Waals surface area contributed by atoms with Crippen LogP contribution in [0.4, 0.5) is 5.95 Å². The number of morpholine rings is 1. The minimum atomic E-state index is -0.0815. The molecule has 0 aliphatic carbocycles. The molecule has 10 heteroatoms. The summed E-state index contributed by atoms with van der Waals surface area (Å²) in [6.45, 7) is 3.90. The lowest BCUT2D eigenvalue weighted by molar-refractivity contribution is -0.118. The molecule has 2 aromatic carbocycles. The Morgan fingerprint density at radius 2 is 1.79 bits per heavy atom. The molecule has 1 aliphatic heterocycles. The topological polar surface area (TPSA) is 90.7 Å². The van der Waals surface area contributed by atoms with Crippen LogP contribution in [0, 0.1) is 0 Å². The summed E-state index contributed by atoms with van der Waals surface area (Å²) in [7, 11) is 3.19. The third-order valence-corrected chi connectivity index (χ3v) is 6.41. The van der Waals surface area contributed by atoms with Crippen molar-refractivity contribution < 1.29 is 19.0 Å². The molecule has 1 aliphatic rings. The van der Waals surface area contributed by atoms with Gasteiger partial charge in [-0.25, -0.2) is 0 Å². The van der Waals surface area contributed by atoms with E-state index in [1.165, 1.54) is 11.8 Å². The lowest BCUT2D eigenvalue weighted by atomic mass is 10.2. The van der Waals surface area contributed by atoms with Crippen LogP contribution in [-0.2, 0) is 22.6 Å². The van der Waals surface area contributed by atoms with Gasteiger partial charge in [-0.1, -0.05) is 48.2 Å². The molecule has 3 aromatic rings. The lowest BCUT2D eigenvalue weighted by Crippen LogP contribution is -2.38. The van der Waals surface area contributed by atoms with E-state index in [1.807, 2.05) is 36.4 Å². The number of aromatic nitrogens is 3. The Morgan fingerprint density at radius 1 is 1.03 bits per heavy atom. The number of benzene rings is 2. The highest BCUT2D eigenvalue weighted by Gasteiger charge is 2.21. The van der Waals surface area contributed by atoms with E-state index in [0.29, 0.717) is 43.0 Å². The number of carbonyl (C=O) groups excluding carboxylic acids is 1. The van der Waals surface area contributed by atoms with E-state index >= 15 is 0 Å². The number of rotatable bonds is 10. The fourth-order valence-electron chi connectivity index (χ4n) is 3.66. The number of methoxy groups -OCH3 is 2. The van der Waals surface area contributed by atoms with Gasteiger partial charge in [0.1, 0.15) is 0 Å². The van der Waals surface area contributed by atoms with Crippen molar-refractivity contribution in [1.29, 1.82) is 0 Å². The number of hydrogen-bond acceptors (Lipinski definition) is 8. The van der Waals surface area contributed by atoms with E-state index in [-0.39, 0.29) is 11.7 Å². The van der Waals surface area contributed by atoms with Crippen LogP contribution in [0.2, 0.25) is 0 Å². The van der Waals surface area contributed by atoms with Crippen molar-refractivity contribution in [2.75, 3.05) is 51.2 Å². The Balaban J connectivity index is 1.40. The third kappa shape index (κ3) is 6.00. The van der Waals surface area contributed by atoms with Crippen LogP contribution < -0.4 is 19.7 Å². The van der Waals surface area contributed by atoms with E-state index in [2.05, 4.69) is 37.1 Å². The average Bonchev–Trinajstić information content (AvgIpc) is 3.29. The number of thioether (sulfide) groups is 1. The third-order valence-electron chi connectivity index (χ3n) is 5.44. The monoisotopic (exact) mass is 483 g/mol. The SMILES string of the molecule is COc1ccc(CNC(=O)CSc2nnc(N3CCOCC3)n2Cc2ccccc2)cc1OC. The van der Waals surface area contributed by atoms with E-state index < -0.39 is 0 Å². The van der Waals surface area contributed by atoms with Crippen molar-refractivity contribution in [1.82, 2.24) is 20.1 Å². The van der Waals surface area contributed by atoms with Crippen molar-refractivity contribution in [3.05, 3.63) is 59.7 Å². The maximum absolute atomic E-state index is 12.6. The first-order valence-corrected chi connectivity index (χ1v) is 12.1. The van der Waals surface area contributed by atoms with Crippen LogP contribution in [0.5, 0.6) is 11.5 Å². The molecule has 0 saturated carbocycles. The largest absolute Gasteiger partial charge is 0.493 e. The van der Waals surface area contributed by atoms with E-state index in [0.717, 1.165) is 30.2 Å². The first-order valence-electron chi connectivity index (χ1n) is 11.1. The average molecular weight is 484 g/mol. The molecule has 1 fully saturated rings. The molecule has 180 valence electrons. The highest BCUT2D eigenvalue weighted by molar-refractivity contribution is 7.99. The normalized spacial score (nSPS) is 13.5. The summed E-state index contributed by atoms with van der Waals surface area (Å²) in [6.07, 6.45) is 0. The quantitative estimate of drug-likeness (QED) is 0.440. The predicted molar refractivity (Wildman–Crippen MR) is 131 cm³/mol. The summed E-state index contributed by atoms with van der Waals surface area (Å²) in [4.78, 5) is 14.8. The van der Waals surface area contributed by atoms with Gasteiger partial charge in [0.25, 0.3) is 0 Å². The van der Waals surface area contributed by atoms with Crippen LogP contribution in [0.25, 0.3) is 0 Å². The van der Waals surface area contributed by atoms with Gasteiger partial charge in [-0.3, -0.25) is 9.36 Å². The van der Waals surface area contributed by atoms with Gasteiger partial charge in [-0.05, 0) is 23.3 Å². The summed E-state index contributed by atoms with van der Waals surface area (Å²) in [6, 6.07) is 15.8. The highest BCUT2D eigenvalue weighted by Crippen LogP contribution is 2.28. The number of carbonyl (C=O) groups is 1. The fourth-order valence-corrected chi connectivity index (χ4v) is 4.42. The second-order valence-electron chi connectivity index (χ2n) is 7.71. The molecule has 34 heavy (non-hydrogen) atoms. The van der Waals surface area contributed by atoms with Crippen LogP contribution >= 0.6 is 11.8 Å². The number of ether oxygens (including phenoxy) is 3. The van der Waals surface area contributed by atoms with Crippen LogP contribution in [0.15, 0.2) is 53.7 Å². The first-order chi connectivity index (χ1) is 16.7. The second-order valence-corrected chi connectivity index (χ2v) is 8.65. The van der Waals surface area contributed by atoms with Gasteiger partial charge in [0.2, 0.25) is 11.9 Å². The molecule has 0 bridgehead atoms. The standard InChI is InChI=1S/C24H29N5O4S/c1-31-20-9-8-19(14-21(20)32-2)15-25-22(30)17-34-24-27-26-23(28-10-12-33-13-11-28)29(24)16-18-6-4-3-5-7-18/h3-9,14H,10-13,15-17H2,1-2H3,(H,25,30). The van der Waals surface area contributed by atoms with E-state index in [9.17, 15) is 4.79 Å². The molecule has 1 amide bonds. The van der Waals surface area contributed by atoms with Crippen molar-refractivity contribution >= 4 is 23.6 Å². The Morgan fingerprint density at radius 3 is 2.53 bits per heavy atom. The van der Waals surface area contributed by atoms with Gasteiger partial charge in [-0.2, -0.15) is 0 Å². The summed E-state index contributed by atoms with van der Waals surface area (Å²) in [5.41, 5.74) is 2.08. The molecule has 0 radical (unpaired) electrons. The zero-order valence-corrected chi connectivity index (χ0v) is 20.2. The predicted octanol–water partition coefficient (Wildman–Crippen LogP) is 2.59. The first kappa shape index (κ1) is 23.9. The number of nitrogens with one attached hydrogen (secondary N) is 1. The molecular weight excluding hydrogens is 454 g/mol. The summed E-state index contributed by atoms with van der Waals surface area (Å²) in [5, 5.41) is 12.5. The molecule has 1 N–H and O–H groups in total. The van der Waals surface area contributed by atoms with Gasteiger partial charge in [0, 0.05) is 19.6 Å². The molecule has 0 spiro atoms. The summed E-state index contributed by atoms with van der Waals surface area (Å²) >= 11 is 1.38. The number of anilines is 1. The smallest absolute Gasteiger partial charge is 0.230 e. The Labute approximate surface area is 203 Å². The Hall–Kier alpha value is -3.24. The van der Waals surface area contributed by atoms with Crippen molar-refractivity contribution in [2.24, 2.45) is 0 Å². The minimum Gasteiger partial charge on any atom is -0.493 e. The van der Waals surface area contributed by atoms with Crippen LogP contribution in [0.1, 0.15) is 11.1 Å². The molecule has 9 nitrogen and oxygen atoms in total. The summed E-state index contributed by atoms with van der Waals surface area (Å²) in [5.74, 6) is 2.25. The molecular formula is C24H29N5O4S. The van der Waals surface area contributed by atoms with Gasteiger partial charge >= 0.3 is 0 Å². The zero-order valence-electron chi connectivity index (χ0n) is 19.4. The van der Waals surface area contributed by atoms with E-state index in [1.54, 1.807) is 14.2 Å². The van der Waals surface area contributed by atoms with Crippen molar-refractivity contribution in [3.63, 3.8) is 0 Å². The molecule has 1 saturated heterocycles. The Bertz CT molecular complexity index is 1090.